The van der Waals surface area contributed by atoms with Crippen molar-refractivity contribution in [2.75, 3.05) is 6.61 Å². The van der Waals surface area contributed by atoms with Gasteiger partial charge in [-0.05, 0) is 23.3 Å². The Hall–Kier alpha value is -3.34. The molecule has 0 N–H and O–H groups in total. The molecular formula is C22H22N2O3. The summed E-state index contributed by atoms with van der Waals surface area (Å²) in [4.78, 5) is 26.6. The Morgan fingerprint density at radius 2 is 1.41 bits per heavy atom. The van der Waals surface area contributed by atoms with E-state index in [2.05, 4.69) is 0 Å². The van der Waals surface area contributed by atoms with Gasteiger partial charge in [-0.3, -0.25) is 4.79 Å². The van der Waals surface area contributed by atoms with Gasteiger partial charge in [0.1, 0.15) is 5.69 Å². The van der Waals surface area contributed by atoms with Crippen molar-refractivity contribution in [1.29, 1.82) is 0 Å². The molecule has 0 aliphatic carbocycles. The first kappa shape index (κ1) is 18.5. The van der Waals surface area contributed by atoms with E-state index in [1.165, 1.54) is 0 Å². The quantitative estimate of drug-likeness (QED) is 0.605. The van der Waals surface area contributed by atoms with Crippen LogP contribution >= 0.6 is 0 Å². The van der Waals surface area contributed by atoms with Gasteiger partial charge in [-0.25, -0.2) is 4.79 Å². The van der Waals surface area contributed by atoms with E-state index in [0.29, 0.717) is 18.8 Å². The largest absolute Gasteiger partial charge is 0.451 e. The van der Waals surface area contributed by atoms with Crippen molar-refractivity contribution in [3.8, 4) is 0 Å². The fourth-order valence-electron chi connectivity index (χ4n) is 2.81. The average molecular weight is 362 g/mol. The number of carbonyl (C=O) groups excluding carboxylic acids is 2. The molecule has 0 unspecified atom stereocenters. The Labute approximate surface area is 158 Å². The van der Waals surface area contributed by atoms with E-state index in [-0.39, 0.29) is 12.5 Å². The van der Waals surface area contributed by atoms with Gasteiger partial charge in [0.2, 0.25) is 0 Å². The molecule has 0 aliphatic heterocycles. The van der Waals surface area contributed by atoms with Crippen LogP contribution in [0.25, 0.3) is 0 Å². The molecule has 0 spiro atoms. The zero-order valence-electron chi connectivity index (χ0n) is 15.2. The van der Waals surface area contributed by atoms with Gasteiger partial charge >= 0.3 is 5.97 Å². The van der Waals surface area contributed by atoms with Gasteiger partial charge in [0.15, 0.2) is 6.61 Å². The summed E-state index contributed by atoms with van der Waals surface area (Å²) in [6, 6.07) is 23.0. The highest BCUT2D eigenvalue weighted by molar-refractivity contribution is 5.90. The van der Waals surface area contributed by atoms with Crippen molar-refractivity contribution >= 4 is 11.9 Å². The van der Waals surface area contributed by atoms with Gasteiger partial charge in [-0.15, -0.1) is 0 Å². The van der Waals surface area contributed by atoms with Crippen molar-refractivity contribution in [2.45, 2.75) is 13.1 Å². The van der Waals surface area contributed by atoms with Gasteiger partial charge in [0, 0.05) is 26.3 Å². The molecule has 27 heavy (non-hydrogen) atoms. The number of rotatable bonds is 7. The smallest absolute Gasteiger partial charge is 0.355 e. The summed E-state index contributed by atoms with van der Waals surface area (Å²) in [5.41, 5.74) is 2.46. The molecule has 1 amide bonds. The fourth-order valence-corrected chi connectivity index (χ4v) is 2.81. The van der Waals surface area contributed by atoms with Crippen LogP contribution in [0.5, 0.6) is 0 Å². The van der Waals surface area contributed by atoms with Crippen LogP contribution in [0.1, 0.15) is 21.6 Å². The first-order valence-corrected chi connectivity index (χ1v) is 8.77. The number of amides is 1. The molecule has 3 aromatic rings. The second-order valence-electron chi connectivity index (χ2n) is 6.30. The predicted octanol–water partition coefficient (Wildman–Crippen LogP) is 3.41. The van der Waals surface area contributed by atoms with E-state index in [4.69, 9.17) is 4.74 Å². The maximum absolute atomic E-state index is 12.8. The highest BCUT2D eigenvalue weighted by Gasteiger charge is 2.18. The maximum atomic E-state index is 12.8. The van der Waals surface area contributed by atoms with Crippen molar-refractivity contribution in [1.82, 2.24) is 9.47 Å². The van der Waals surface area contributed by atoms with Crippen LogP contribution < -0.4 is 0 Å². The summed E-state index contributed by atoms with van der Waals surface area (Å²) in [6.07, 6.45) is 1.76. The molecule has 1 aromatic heterocycles. The molecule has 0 fully saturated rings. The molecule has 0 bridgehead atoms. The van der Waals surface area contributed by atoms with Crippen LogP contribution in [0.4, 0.5) is 0 Å². The standard InChI is InChI=1S/C22H22N2O3/c1-23-14-8-13-20(23)22(26)27-17-21(25)24(15-18-9-4-2-5-10-18)16-19-11-6-3-7-12-19/h2-14H,15-17H2,1H3. The Kier molecular flexibility index (Phi) is 6.05. The lowest BCUT2D eigenvalue weighted by Gasteiger charge is -2.23. The van der Waals surface area contributed by atoms with Crippen molar-refractivity contribution in [3.05, 3.63) is 95.8 Å². The van der Waals surface area contributed by atoms with E-state index in [0.717, 1.165) is 11.1 Å². The number of hydrogen-bond donors (Lipinski definition) is 0. The number of nitrogens with zero attached hydrogens (tertiary/aromatic N) is 2. The Morgan fingerprint density at radius 3 is 1.89 bits per heavy atom. The van der Waals surface area contributed by atoms with E-state index >= 15 is 0 Å². The number of aromatic nitrogens is 1. The molecule has 0 aliphatic rings. The molecule has 5 heteroatoms. The number of carbonyl (C=O) groups is 2. The third-order valence-corrected chi connectivity index (χ3v) is 4.26. The minimum absolute atomic E-state index is 0.231. The topological polar surface area (TPSA) is 51.5 Å². The average Bonchev–Trinajstić information content (AvgIpc) is 3.13. The zero-order valence-corrected chi connectivity index (χ0v) is 15.2. The summed E-state index contributed by atoms with van der Waals surface area (Å²) in [7, 11) is 1.76. The molecule has 0 saturated heterocycles. The Morgan fingerprint density at radius 1 is 0.852 bits per heavy atom. The summed E-state index contributed by atoms with van der Waals surface area (Å²) in [5.74, 6) is -0.736. The molecule has 138 valence electrons. The zero-order chi connectivity index (χ0) is 19.1. The van der Waals surface area contributed by atoms with Crippen LogP contribution in [-0.2, 0) is 29.7 Å². The first-order valence-electron chi connectivity index (χ1n) is 8.77. The molecule has 5 nitrogen and oxygen atoms in total. The number of ether oxygens (including phenoxy) is 1. The number of benzene rings is 2. The SMILES string of the molecule is Cn1cccc1C(=O)OCC(=O)N(Cc1ccccc1)Cc1ccccc1. The van der Waals surface area contributed by atoms with E-state index in [1.807, 2.05) is 60.7 Å². The molecule has 0 saturated carbocycles. The molecule has 2 aromatic carbocycles. The minimum Gasteiger partial charge on any atom is -0.451 e. The third-order valence-electron chi connectivity index (χ3n) is 4.26. The Bertz CT molecular complexity index is 847. The lowest BCUT2D eigenvalue weighted by Crippen LogP contribution is -2.34. The summed E-state index contributed by atoms with van der Waals surface area (Å²) < 4.78 is 6.90. The number of aryl methyl sites for hydroxylation is 1. The third kappa shape index (κ3) is 5.07. The molecular weight excluding hydrogens is 340 g/mol. The lowest BCUT2D eigenvalue weighted by atomic mass is 10.1. The highest BCUT2D eigenvalue weighted by atomic mass is 16.5. The van der Waals surface area contributed by atoms with Crippen LogP contribution in [0, 0.1) is 0 Å². The Balaban J connectivity index is 1.68. The summed E-state index contributed by atoms with van der Waals surface area (Å²) in [6.45, 7) is 0.621. The molecule has 0 atom stereocenters. The van der Waals surface area contributed by atoms with E-state index < -0.39 is 5.97 Å². The van der Waals surface area contributed by atoms with Crippen LogP contribution in [0.2, 0.25) is 0 Å². The van der Waals surface area contributed by atoms with Gasteiger partial charge in [0.05, 0.1) is 0 Å². The van der Waals surface area contributed by atoms with Gasteiger partial charge in [-0.1, -0.05) is 60.7 Å². The second-order valence-corrected chi connectivity index (χ2v) is 6.30. The predicted molar refractivity (Wildman–Crippen MR) is 103 cm³/mol. The van der Waals surface area contributed by atoms with E-state index in [1.54, 1.807) is 34.8 Å². The van der Waals surface area contributed by atoms with Gasteiger partial charge in [0.25, 0.3) is 5.91 Å². The normalized spacial score (nSPS) is 10.4. The highest BCUT2D eigenvalue weighted by Crippen LogP contribution is 2.11. The lowest BCUT2D eigenvalue weighted by molar-refractivity contribution is -0.135. The van der Waals surface area contributed by atoms with Crippen molar-refractivity contribution in [3.63, 3.8) is 0 Å². The molecule has 0 radical (unpaired) electrons. The number of hydrogen-bond acceptors (Lipinski definition) is 3. The van der Waals surface area contributed by atoms with Crippen molar-refractivity contribution < 1.29 is 14.3 Å². The van der Waals surface area contributed by atoms with Crippen LogP contribution in [0.3, 0.4) is 0 Å². The molecule has 1 heterocycles. The maximum Gasteiger partial charge on any atom is 0.355 e. The van der Waals surface area contributed by atoms with Crippen LogP contribution in [-0.4, -0.2) is 28.0 Å². The fraction of sp³-hybridized carbons (Fsp3) is 0.182. The van der Waals surface area contributed by atoms with Crippen molar-refractivity contribution in [2.24, 2.45) is 7.05 Å². The summed E-state index contributed by atoms with van der Waals surface area (Å²) >= 11 is 0. The van der Waals surface area contributed by atoms with Gasteiger partial charge < -0.3 is 14.2 Å². The second kappa shape index (κ2) is 8.85. The minimum atomic E-state index is -0.504. The molecule has 3 rings (SSSR count). The van der Waals surface area contributed by atoms with Crippen LogP contribution in [0.15, 0.2) is 79.0 Å². The van der Waals surface area contributed by atoms with Gasteiger partial charge in [-0.2, -0.15) is 0 Å². The van der Waals surface area contributed by atoms with E-state index in [9.17, 15) is 9.59 Å². The number of esters is 1. The summed E-state index contributed by atoms with van der Waals surface area (Å²) in [5, 5.41) is 0. The monoisotopic (exact) mass is 362 g/mol. The first-order chi connectivity index (χ1) is 13.1.